The molecule has 0 spiro atoms. The molecule has 0 amide bonds. The summed E-state index contributed by atoms with van der Waals surface area (Å²) < 4.78 is 38.7. The molecule has 1 unspecified atom stereocenters. The maximum Gasteiger partial charge on any atom is 0.149 e. The second-order valence-electron chi connectivity index (χ2n) is 9.61. The summed E-state index contributed by atoms with van der Waals surface area (Å²) in [6.07, 6.45) is 4.85. The van der Waals surface area contributed by atoms with Crippen LogP contribution in [0.5, 0.6) is 0 Å². The molecule has 0 fully saturated rings. The van der Waals surface area contributed by atoms with Gasteiger partial charge in [-0.25, -0.2) is 17.8 Å². The van der Waals surface area contributed by atoms with Gasteiger partial charge in [0.25, 0.3) is 0 Å². The van der Waals surface area contributed by atoms with Gasteiger partial charge in [0.1, 0.15) is 27.3 Å². The Bertz CT molecular complexity index is 1830. The van der Waals surface area contributed by atoms with Crippen molar-refractivity contribution in [1.82, 2.24) is 14.8 Å². The van der Waals surface area contributed by atoms with Gasteiger partial charge < -0.3 is 10.6 Å². The molecule has 3 aromatic carbocycles. The van der Waals surface area contributed by atoms with E-state index in [1.165, 1.54) is 29.7 Å². The van der Waals surface area contributed by atoms with Gasteiger partial charge in [0, 0.05) is 40.1 Å². The van der Waals surface area contributed by atoms with E-state index >= 15 is 0 Å². The summed E-state index contributed by atoms with van der Waals surface area (Å²) in [5.74, 6) is -0.403. The number of aliphatic imine (C=N–C) groups is 1. The molecule has 6 rings (SSSR count). The number of nitrogens with two attached hydrogens (primary N) is 1. The Morgan fingerprint density at radius 1 is 1.13 bits per heavy atom. The van der Waals surface area contributed by atoms with E-state index < -0.39 is 15.9 Å². The first kappa shape index (κ1) is 25.4. The van der Waals surface area contributed by atoms with Crippen molar-refractivity contribution < 1.29 is 12.8 Å². The number of sulfone groups is 1. The van der Waals surface area contributed by atoms with Crippen LogP contribution in [-0.4, -0.2) is 48.1 Å². The fourth-order valence-electron chi connectivity index (χ4n) is 4.73. The Kier molecular flexibility index (Phi) is 6.49. The number of rotatable bonds is 7. The van der Waals surface area contributed by atoms with Gasteiger partial charge in [-0.1, -0.05) is 12.1 Å². The average Bonchev–Trinajstić information content (AvgIpc) is 3.55. The largest absolute Gasteiger partial charge is 0.322 e. The van der Waals surface area contributed by atoms with Gasteiger partial charge in [0.15, 0.2) is 0 Å². The standard InChI is InChI=1S/C28H25FN6O2S2/c1-39(36,37)16-24(30)25-15-38-28(33-25)19-5-7-26-20(10-19)12-31-17-34(26)23-6-8-27-21(11-23)13-32-35(27)14-18-3-2-4-22(29)9-18/h2-13,15,24H,14,16-17,30H2,1H3. The van der Waals surface area contributed by atoms with Gasteiger partial charge in [-0.05, 0) is 54.1 Å². The number of hydrogen-bond acceptors (Lipinski definition) is 8. The van der Waals surface area contributed by atoms with Gasteiger partial charge in [-0.15, -0.1) is 11.3 Å². The van der Waals surface area contributed by atoms with Crippen LogP contribution in [0.3, 0.4) is 0 Å². The maximum atomic E-state index is 13.6. The highest BCUT2D eigenvalue weighted by Crippen LogP contribution is 2.35. The smallest absolute Gasteiger partial charge is 0.149 e. The summed E-state index contributed by atoms with van der Waals surface area (Å²) in [7, 11) is -3.20. The van der Waals surface area contributed by atoms with Crippen molar-refractivity contribution >= 4 is 49.7 Å². The van der Waals surface area contributed by atoms with E-state index in [9.17, 15) is 12.8 Å². The molecule has 39 heavy (non-hydrogen) atoms. The molecular formula is C28H25FN6O2S2. The molecule has 8 nitrogen and oxygen atoms in total. The molecular weight excluding hydrogens is 535 g/mol. The van der Waals surface area contributed by atoms with Crippen LogP contribution in [0.25, 0.3) is 21.5 Å². The van der Waals surface area contributed by atoms with E-state index in [4.69, 9.17) is 5.73 Å². The van der Waals surface area contributed by atoms with Gasteiger partial charge in [-0.3, -0.25) is 9.67 Å². The summed E-state index contributed by atoms with van der Waals surface area (Å²) in [4.78, 5) is 11.3. The molecule has 2 N–H and O–H groups in total. The summed E-state index contributed by atoms with van der Waals surface area (Å²) in [5.41, 5.74) is 12.3. The highest BCUT2D eigenvalue weighted by Gasteiger charge is 2.20. The molecule has 0 aliphatic carbocycles. The lowest BCUT2D eigenvalue weighted by atomic mass is 10.1. The monoisotopic (exact) mass is 560 g/mol. The van der Waals surface area contributed by atoms with Crippen molar-refractivity contribution in [2.24, 2.45) is 10.7 Å². The molecule has 0 bridgehead atoms. The second-order valence-corrected chi connectivity index (χ2v) is 12.6. The first-order valence-corrected chi connectivity index (χ1v) is 15.2. The zero-order valence-corrected chi connectivity index (χ0v) is 22.7. The van der Waals surface area contributed by atoms with Crippen molar-refractivity contribution in [3.63, 3.8) is 0 Å². The number of aromatic nitrogens is 3. The van der Waals surface area contributed by atoms with Crippen LogP contribution in [0.4, 0.5) is 15.8 Å². The Balaban J connectivity index is 1.25. The molecule has 11 heteroatoms. The number of anilines is 2. The summed E-state index contributed by atoms with van der Waals surface area (Å²) in [6, 6.07) is 18.1. The third-order valence-electron chi connectivity index (χ3n) is 6.56. The molecule has 0 saturated carbocycles. The van der Waals surface area contributed by atoms with E-state index in [1.54, 1.807) is 6.07 Å². The van der Waals surface area contributed by atoms with E-state index in [2.05, 4.69) is 26.0 Å². The van der Waals surface area contributed by atoms with Crippen LogP contribution in [-0.2, 0) is 16.4 Å². The Hall–Kier alpha value is -3.93. The minimum absolute atomic E-state index is 0.143. The van der Waals surface area contributed by atoms with Crippen LogP contribution in [0.1, 0.15) is 22.9 Å². The normalized spacial score (nSPS) is 14.1. The molecule has 0 saturated heterocycles. The molecule has 1 aliphatic heterocycles. The molecule has 0 radical (unpaired) electrons. The fourth-order valence-corrected chi connectivity index (χ4v) is 6.44. The molecule has 2 aromatic heterocycles. The van der Waals surface area contributed by atoms with E-state index in [1.807, 2.05) is 58.9 Å². The first-order chi connectivity index (χ1) is 18.7. The van der Waals surface area contributed by atoms with Crippen molar-refractivity contribution in [1.29, 1.82) is 0 Å². The summed E-state index contributed by atoms with van der Waals surface area (Å²) in [5, 5.41) is 8.10. The molecule has 1 aliphatic rings. The lowest BCUT2D eigenvalue weighted by Crippen LogP contribution is -2.22. The van der Waals surface area contributed by atoms with Gasteiger partial charge >= 0.3 is 0 Å². The Labute approximate surface area is 229 Å². The SMILES string of the molecule is CS(=O)(=O)CC(N)c1csc(-c2ccc3c(c2)C=NCN3c2ccc3c(cnn3Cc3cccc(F)c3)c2)n1. The molecule has 1 atom stereocenters. The lowest BCUT2D eigenvalue weighted by molar-refractivity contribution is 0.593. The van der Waals surface area contributed by atoms with Crippen LogP contribution in [0.2, 0.25) is 0 Å². The zero-order valence-electron chi connectivity index (χ0n) is 21.0. The second kappa shape index (κ2) is 9.99. The highest BCUT2D eigenvalue weighted by atomic mass is 32.2. The van der Waals surface area contributed by atoms with Crippen LogP contribution in [0.15, 0.2) is 77.2 Å². The summed E-state index contributed by atoms with van der Waals surface area (Å²) in [6.45, 7) is 0.967. The van der Waals surface area contributed by atoms with Crippen molar-refractivity contribution in [2.45, 2.75) is 12.6 Å². The maximum absolute atomic E-state index is 13.6. The van der Waals surface area contributed by atoms with Crippen LogP contribution >= 0.6 is 11.3 Å². The molecule has 3 heterocycles. The Morgan fingerprint density at radius 3 is 2.82 bits per heavy atom. The van der Waals surface area contributed by atoms with Gasteiger partial charge in [-0.2, -0.15) is 5.10 Å². The summed E-state index contributed by atoms with van der Waals surface area (Å²) >= 11 is 1.44. The average molecular weight is 561 g/mol. The van der Waals surface area contributed by atoms with Crippen molar-refractivity contribution in [3.8, 4) is 10.6 Å². The number of nitrogens with zero attached hydrogens (tertiary/aromatic N) is 5. The minimum atomic E-state index is -3.20. The number of hydrogen-bond donors (Lipinski definition) is 1. The minimum Gasteiger partial charge on any atom is -0.322 e. The van der Waals surface area contributed by atoms with Crippen LogP contribution < -0.4 is 10.6 Å². The van der Waals surface area contributed by atoms with E-state index in [-0.39, 0.29) is 11.6 Å². The quantitative estimate of drug-likeness (QED) is 0.303. The molecule has 198 valence electrons. The number of thiazole rings is 1. The van der Waals surface area contributed by atoms with Crippen molar-refractivity contribution in [3.05, 3.63) is 94.9 Å². The third-order valence-corrected chi connectivity index (χ3v) is 8.44. The fraction of sp³-hybridized carbons (Fsp3) is 0.179. The first-order valence-electron chi connectivity index (χ1n) is 12.2. The zero-order chi connectivity index (χ0) is 27.1. The predicted octanol–water partition coefficient (Wildman–Crippen LogP) is 4.92. The number of benzene rings is 3. The number of fused-ring (bicyclic) bond motifs is 2. The van der Waals surface area contributed by atoms with Crippen LogP contribution in [0, 0.1) is 5.82 Å². The topological polar surface area (TPSA) is 106 Å². The number of halogens is 1. The predicted molar refractivity (Wildman–Crippen MR) is 154 cm³/mol. The van der Waals surface area contributed by atoms with E-state index in [0.29, 0.717) is 18.9 Å². The van der Waals surface area contributed by atoms with Crippen molar-refractivity contribution in [2.75, 3.05) is 23.6 Å². The third kappa shape index (κ3) is 5.33. The molecule has 5 aromatic rings. The van der Waals surface area contributed by atoms with E-state index in [0.717, 1.165) is 44.0 Å². The Morgan fingerprint density at radius 2 is 2.00 bits per heavy atom. The highest BCUT2D eigenvalue weighted by molar-refractivity contribution is 7.90. The van der Waals surface area contributed by atoms with Gasteiger partial charge in [0.05, 0.1) is 41.4 Å². The van der Waals surface area contributed by atoms with Gasteiger partial charge in [0.2, 0.25) is 0 Å². The lowest BCUT2D eigenvalue weighted by Gasteiger charge is -2.28.